The Kier molecular flexibility index (Phi) is 5.84. The third-order valence-electron chi connectivity index (χ3n) is 6.24. The zero-order chi connectivity index (χ0) is 21.2. The van der Waals surface area contributed by atoms with Crippen molar-refractivity contribution in [3.63, 3.8) is 0 Å². The number of hydrogen-bond donors (Lipinski definition) is 2. The molecule has 1 heterocycles. The molecule has 1 aromatic carbocycles. The summed E-state index contributed by atoms with van der Waals surface area (Å²) in [5.41, 5.74) is 2.03. The fourth-order valence-corrected chi connectivity index (χ4v) is 5.39. The van der Waals surface area contributed by atoms with E-state index in [1.807, 2.05) is 6.07 Å². The van der Waals surface area contributed by atoms with E-state index >= 15 is 0 Å². The molecule has 7 heteroatoms. The fourth-order valence-electron chi connectivity index (χ4n) is 4.54. The lowest BCUT2D eigenvalue weighted by molar-refractivity contribution is -0.143. The normalized spacial score (nSPS) is 24.9. The number of carboxylic acid groups (broad SMARTS) is 1. The van der Waals surface area contributed by atoms with Crippen LogP contribution in [0.5, 0.6) is 5.88 Å². The first-order valence-electron chi connectivity index (χ1n) is 10.1. The summed E-state index contributed by atoms with van der Waals surface area (Å²) in [5, 5.41) is 13.4. The van der Waals surface area contributed by atoms with Gasteiger partial charge in [0, 0.05) is 35.0 Å². The van der Waals surface area contributed by atoms with Crippen LogP contribution in [0, 0.1) is 0 Å². The van der Waals surface area contributed by atoms with Crippen LogP contribution in [0.3, 0.4) is 0 Å². The van der Waals surface area contributed by atoms with Crippen molar-refractivity contribution in [3.05, 3.63) is 58.2 Å². The van der Waals surface area contributed by atoms with E-state index in [4.69, 9.17) is 9.47 Å². The summed E-state index contributed by atoms with van der Waals surface area (Å²) in [6.07, 6.45) is 6.33. The number of aromatic nitrogens is 1. The van der Waals surface area contributed by atoms with Gasteiger partial charge in [0.1, 0.15) is 12.1 Å². The Balaban J connectivity index is 1.53. The number of carbonyl (C=O) groups is 1. The minimum absolute atomic E-state index is 0.135. The third kappa shape index (κ3) is 3.72. The Morgan fingerprint density at radius 1 is 1.20 bits per heavy atom. The number of carboxylic acids is 1. The Hall–Kier alpha value is -2.38. The summed E-state index contributed by atoms with van der Waals surface area (Å²) in [4.78, 5) is 16.5. The van der Waals surface area contributed by atoms with E-state index in [9.17, 15) is 9.90 Å². The first kappa shape index (κ1) is 20.9. The van der Waals surface area contributed by atoms with E-state index < -0.39 is 11.5 Å². The largest absolute Gasteiger partial charge is 0.480 e. The van der Waals surface area contributed by atoms with Gasteiger partial charge in [0.05, 0.1) is 6.61 Å². The van der Waals surface area contributed by atoms with Crippen LogP contribution in [0.15, 0.2) is 47.1 Å². The van der Waals surface area contributed by atoms with E-state index in [1.54, 1.807) is 25.4 Å². The maximum absolute atomic E-state index is 12.4. The van der Waals surface area contributed by atoms with Crippen LogP contribution in [-0.4, -0.2) is 41.9 Å². The number of anilines is 1. The van der Waals surface area contributed by atoms with Crippen molar-refractivity contribution in [2.75, 3.05) is 25.6 Å². The highest BCUT2D eigenvalue weighted by atomic mass is 79.9. The second kappa shape index (κ2) is 8.40. The van der Waals surface area contributed by atoms with Crippen molar-refractivity contribution in [1.29, 1.82) is 0 Å². The van der Waals surface area contributed by atoms with Gasteiger partial charge in [0.2, 0.25) is 5.88 Å². The van der Waals surface area contributed by atoms with Gasteiger partial charge in [-0.1, -0.05) is 40.2 Å². The van der Waals surface area contributed by atoms with Crippen LogP contribution in [0.25, 0.3) is 6.08 Å². The van der Waals surface area contributed by atoms with E-state index in [0.29, 0.717) is 37.6 Å². The van der Waals surface area contributed by atoms with Crippen molar-refractivity contribution in [2.45, 2.75) is 36.6 Å². The number of rotatable bonds is 7. The molecule has 0 radical (unpaired) electrons. The van der Waals surface area contributed by atoms with Crippen molar-refractivity contribution in [2.24, 2.45) is 0 Å². The van der Waals surface area contributed by atoms with Gasteiger partial charge < -0.3 is 19.9 Å². The third-order valence-corrected chi connectivity index (χ3v) is 7.23. The Bertz CT molecular complexity index is 967. The van der Waals surface area contributed by atoms with E-state index in [-0.39, 0.29) is 5.41 Å². The molecule has 1 saturated carbocycles. The Morgan fingerprint density at radius 2 is 1.97 bits per heavy atom. The molecule has 2 N–H and O–H groups in total. The maximum atomic E-state index is 12.4. The lowest BCUT2D eigenvalue weighted by Crippen LogP contribution is -2.52. The predicted molar refractivity (Wildman–Crippen MR) is 119 cm³/mol. The van der Waals surface area contributed by atoms with Crippen molar-refractivity contribution in [1.82, 2.24) is 4.98 Å². The van der Waals surface area contributed by atoms with Crippen LogP contribution in [0.2, 0.25) is 0 Å². The molecule has 1 aromatic heterocycles. The van der Waals surface area contributed by atoms with Gasteiger partial charge in [-0.2, -0.15) is 0 Å². The van der Waals surface area contributed by atoms with E-state index in [0.717, 1.165) is 17.3 Å². The molecule has 0 atom stereocenters. The SMILES string of the molecule is COCCOc1cc(NC2(C(=O)O)CCC3(CC2)C(Br)=Cc2ccccc23)ccn1. The Labute approximate surface area is 184 Å². The number of pyridine rings is 1. The number of hydrogen-bond acceptors (Lipinski definition) is 5. The minimum Gasteiger partial charge on any atom is -0.480 e. The van der Waals surface area contributed by atoms with E-state index in [1.165, 1.54) is 11.1 Å². The molecule has 0 unspecified atom stereocenters. The summed E-state index contributed by atoms with van der Waals surface area (Å²) in [6, 6.07) is 11.9. The molecule has 158 valence electrons. The second-order valence-electron chi connectivity index (χ2n) is 7.90. The number of methoxy groups -OCH3 is 1. The molecule has 0 amide bonds. The first-order chi connectivity index (χ1) is 14.5. The summed E-state index contributed by atoms with van der Waals surface area (Å²) in [6.45, 7) is 0.851. The molecule has 2 aliphatic rings. The van der Waals surface area contributed by atoms with Crippen molar-refractivity contribution < 1.29 is 19.4 Å². The quantitative estimate of drug-likeness (QED) is 0.572. The number of halogens is 1. The van der Waals surface area contributed by atoms with Crippen molar-refractivity contribution >= 4 is 33.7 Å². The second-order valence-corrected chi connectivity index (χ2v) is 8.75. The highest BCUT2D eigenvalue weighted by molar-refractivity contribution is 9.11. The van der Waals surface area contributed by atoms with Gasteiger partial charge >= 0.3 is 5.97 Å². The zero-order valence-corrected chi connectivity index (χ0v) is 18.4. The summed E-state index contributed by atoms with van der Waals surface area (Å²) in [7, 11) is 1.61. The molecule has 2 aromatic rings. The predicted octanol–water partition coefficient (Wildman–Crippen LogP) is 4.60. The molecular weight excluding hydrogens is 448 g/mol. The van der Waals surface area contributed by atoms with Crippen LogP contribution >= 0.6 is 15.9 Å². The fraction of sp³-hybridized carbons (Fsp3) is 0.391. The standard InChI is InChI=1S/C23H25BrN2O4/c1-29-12-13-30-20-15-17(6-11-25-20)26-23(21(27)28)9-7-22(8-10-23)18-5-3-2-4-16(18)14-19(22)24/h2-6,11,14-15H,7-10,12-13H2,1H3,(H,25,26)(H,27,28). The smallest absolute Gasteiger partial charge is 0.329 e. The van der Waals surface area contributed by atoms with Crippen molar-refractivity contribution in [3.8, 4) is 5.88 Å². The molecule has 0 bridgehead atoms. The highest BCUT2D eigenvalue weighted by Gasteiger charge is 2.51. The Morgan fingerprint density at radius 3 is 2.70 bits per heavy atom. The van der Waals surface area contributed by atoms with Crippen LogP contribution < -0.4 is 10.1 Å². The zero-order valence-electron chi connectivity index (χ0n) is 16.9. The number of nitrogens with zero attached hydrogens (tertiary/aromatic N) is 1. The number of aliphatic carboxylic acids is 1. The van der Waals surface area contributed by atoms with E-state index in [2.05, 4.69) is 50.5 Å². The molecule has 0 aliphatic heterocycles. The topological polar surface area (TPSA) is 80.7 Å². The first-order valence-corrected chi connectivity index (χ1v) is 10.8. The van der Waals surface area contributed by atoms with Gasteiger partial charge in [-0.3, -0.25) is 0 Å². The summed E-state index contributed by atoms with van der Waals surface area (Å²) in [5.74, 6) is -0.386. The number of nitrogens with one attached hydrogen (secondary N) is 1. The molecule has 4 rings (SSSR count). The average Bonchev–Trinajstić information content (AvgIpc) is 3.02. The lowest BCUT2D eigenvalue weighted by atomic mass is 9.65. The number of fused-ring (bicyclic) bond motifs is 2. The van der Waals surface area contributed by atoms with Gasteiger partial charge in [-0.05, 0) is 49.0 Å². The molecule has 2 aliphatic carbocycles. The maximum Gasteiger partial charge on any atom is 0.329 e. The summed E-state index contributed by atoms with van der Waals surface area (Å²) < 4.78 is 11.7. The molecule has 1 fully saturated rings. The van der Waals surface area contributed by atoms with Gasteiger partial charge in [0.25, 0.3) is 0 Å². The average molecular weight is 473 g/mol. The molecule has 1 spiro atoms. The number of benzene rings is 1. The van der Waals surface area contributed by atoms with Gasteiger partial charge in [-0.25, -0.2) is 9.78 Å². The number of ether oxygens (including phenoxy) is 2. The van der Waals surface area contributed by atoms with Gasteiger partial charge in [0.15, 0.2) is 0 Å². The van der Waals surface area contributed by atoms with Crippen LogP contribution in [0.4, 0.5) is 5.69 Å². The van der Waals surface area contributed by atoms with Crippen LogP contribution in [0.1, 0.15) is 36.8 Å². The minimum atomic E-state index is -1.03. The molecule has 0 saturated heterocycles. The molecular formula is C23H25BrN2O4. The summed E-state index contributed by atoms with van der Waals surface area (Å²) >= 11 is 3.78. The van der Waals surface area contributed by atoms with Crippen LogP contribution in [-0.2, 0) is 14.9 Å². The molecule has 30 heavy (non-hydrogen) atoms. The number of allylic oxidation sites excluding steroid dienone is 1. The monoisotopic (exact) mass is 472 g/mol. The molecule has 6 nitrogen and oxygen atoms in total. The van der Waals surface area contributed by atoms with Gasteiger partial charge in [-0.15, -0.1) is 0 Å². The highest BCUT2D eigenvalue weighted by Crippen LogP contribution is 2.55. The lowest BCUT2D eigenvalue weighted by Gasteiger charge is -2.44.